The number of fused-ring (bicyclic) bond motifs is 2. The molecule has 0 fully saturated rings. The first-order chi connectivity index (χ1) is 9.41. The van der Waals surface area contributed by atoms with Crippen molar-refractivity contribution < 1.29 is 75.4 Å². The molecule has 21 heavy (non-hydrogen) atoms. The summed E-state index contributed by atoms with van der Waals surface area (Å²) in [7, 11) is -4.58. The summed E-state index contributed by atoms with van der Waals surface area (Å²) < 4.78 is 31.9. The van der Waals surface area contributed by atoms with Crippen molar-refractivity contribution in [1.82, 2.24) is 0 Å². The molecule has 1 aliphatic carbocycles. The Morgan fingerprint density at radius 2 is 1.33 bits per heavy atom. The predicted molar refractivity (Wildman–Crippen MR) is 70.7 cm³/mol. The molecule has 7 heteroatoms. The third-order valence-electron chi connectivity index (χ3n) is 3.19. The standard InChI is InChI=1S/C14H8O5S.K.H/c15-13-8-4-1-2-5-9(8)14(16)12-10(13)6-3-7-11(12)20(17,18)19;;/h1-7H,(H,17,18,19);;/q;+1;-1. The normalized spacial score (nSPS) is 13.2. The van der Waals surface area contributed by atoms with Gasteiger partial charge in [-0.1, -0.05) is 36.4 Å². The zero-order valence-electron chi connectivity index (χ0n) is 12.0. The zero-order valence-corrected chi connectivity index (χ0v) is 15.0. The monoisotopic (exact) mass is 328 g/mol. The summed E-state index contributed by atoms with van der Waals surface area (Å²) in [6, 6.07) is 9.99. The summed E-state index contributed by atoms with van der Waals surface area (Å²) >= 11 is 0. The van der Waals surface area contributed by atoms with Crippen molar-refractivity contribution in [3.63, 3.8) is 0 Å². The molecule has 0 unspecified atom stereocenters. The fraction of sp³-hybridized carbons (Fsp3) is 0. The average molecular weight is 328 g/mol. The van der Waals surface area contributed by atoms with E-state index >= 15 is 0 Å². The number of carbonyl (C=O) groups excluding carboxylic acids is 2. The van der Waals surface area contributed by atoms with Gasteiger partial charge in [-0.3, -0.25) is 14.1 Å². The second kappa shape index (κ2) is 5.84. The molecule has 102 valence electrons. The Hall–Kier alpha value is -0.674. The molecule has 0 aromatic heterocycles. The van der Waals surface area contributed by atoms with E-state index in [-0.39, 0.29) is 75.1 Å². The van der Waals surface area contributed by atoms with E-state index in [0.29, 0.717) is 0 Å². The number of benzene rings is 2. The van der Waals surface area contributed by atoms with Crippen LogP contribution in [0.3, 0.4) is 0 Å². The molecule has 1 N–H and O–H groups in total. The van der Waals surface area contributed by atoms with Crippen LogP contribution < -0.4 is 51.4 Å². The van der Waals surface area contributed by atoms with Crippen LogP contribution in [0.5, 0.6) is 0 Å². The molecular formula is C14H9KO5S. The van der Waals surface area contributed by atoms with Gasteiger partial charge in [0.05, 0.1) is 5.56 Å². The maximum Gasteiger partial charge on any atom is 1.00 e. The third kappa shape index (κ3) is 2.70. The van der Waals surface area contributed by atoms with Crippen LogP contribution in [0.1, 0.15) is 33.3 Å². The minimum atomic E-state index is -4.58. The van der Waals surface area contributed by atoms with Crippen molar-refractivity contribution in [2.75, 3.05) is 0 Å². The molecule has 0 amide bonds. The molecule has 0 spiro atoms. The Morgan fingerprint density at radius 3 is 1.90 bits per heavy atom. The van der Waals surface area contributed by atoms with E-state index < -0.39 is 26.6 Å². The van der Waals surface area contributed by atoms with Crippen molar-refractivity contribution in [3.05, 3.63) is 64.7 Å². The molecule has 2 aromatic carbocycles. The fourth-order valence-corrected chi connectivity index (χ4v) is 3.04. The van der Waals surface area contributed by atoms with Gasteiger partial charge in [0.15, 0.2) is 11.6 Å². The van der Waals surface area contributed by atoms with Crippen molar-refractivity contribution in [2.45, 2.75) is 4.90 Å². The van der Waals surface area contributed by atoms with E-state index in [9.17, 15) is 22.6 Å². The molecule has 0 radical (unpaired) electrons. The SMILES string of the molecule is O=C1c2ccccc2C(=O)c2c1cccc2S(=O)(=O)O.[H-].[K+]. The fourth-order valence-electron chi connectivity index (χ4n) is 2.33. The van der Waals surface area contributed by atoms with Gasteiger partial charge in [-0.25, -0.2) is 0 Å². The molecule has 2 aromatic rings. The van der Waals surface area contributed by atoms with E-state index in [0.717, 1.165) is 6.07 Å². The van der Waals surface area contributed by atoms with Gasteiger partial charge < -0.3 is 1.43 Å². The van der Waals surface area contributed by atoms with Gasteiger partial charge in [0, 0.05) is 16.7 Å². The number of hydrogen-bond donors (Lipinski definition) is 1. The first-order valence-electron chi connectivity index (χ1n) is 5.70. The summed E-state index contributed by atoms with van der Waals surface area (Å²) in [5, 5.41) is 0. The second-order valence-electron chi connectivity index (χ2n) is 4.36. The minimum Gasteiger partial charge on any atom is -1.00 e. The summed E-state index contributed by atoms with van der Waals surface area (Å²) in [4.78, 5) is 24.2. The smallest absolute Gasteiger partial charge is 1.00 e. The molecule has 0 atom stereocenters. The van der Waals surface area contributed by atoms with Crippen LogP contribution >= 0.6 is 0 Å². The summed E-state index contributed by atoms with van der Waals surface area (Å²) in [5.41, 5.74) is 0.0983. The summed E-state index contributed by atoms with van der Waals surface area (Å²) in [5.74, 6) is -1.01. The molecule has 0 aliphatic heterocycles. The molecule has 5 nitrogen and oxygen atoms in total. The van der Waals surface area contributed by atoms with Crippen LogP contribution in [0.4, 0.5) is 0 Å². The van der Waals surface area contributed by atoms with Crippen molar-refractivity contribution >= 4 is 21.7 Å². The Kier molecular flexibility index (Phi) is 4.65. The molecule has 0 saturated heterocycles. The van der Waals surface area contributed by atoms with Crippen LogP contribution in [-0.4, -0.2) is 24.5 Å². The number of rotatable bonds is 1. The zero-order chi connectivity index (χ0) is 14.5. The maximum absolute atomic E-state index is 12.4. The van der Waals surface area contributed by atoms with Gasteiger partial charge in [0.25, 0.3) is 10.1 Å². The van der Waals surface area contributed by atoms with Crippen LogP contribution in [0.2, 0.25) is 0 Å². The molecule has 0 heterocycles. The molecular weight excluding hydrogens is 319 g/mol. The van der Waals surface area contributed by atoms with Gasteiger partial charge in [0.1, 0.15) is 4.90 Å². The Balaban J connectivity index is 0.00000121. The molecule has 0 bridgehead atoms. The Bertz CT molecular complexity index is 877. The van der Waals surface area contributed by atoms with E-state index in [1.54, 1.807) is 12.1 Å². The van der Waals surface area contributed by atoms with Gasteiger partial charge in [-0.2, -0.15) is 8.42 Å². The molecule has 1 aliphatic rings. The van der Waals surface area contributed by atoms with Crippen molar-refractivity contribution in [1.29, 1.82) is 0 Å². The van der Waals surface area contributed by atoms with Gasteiger partial charge in [0.2, 0.25) is 0 Å². The van der Waals surface area contributed by atoms with Crippen molar-refractivity contribution in [3.8, 4) is 0 Å². The maximum atomic E-state index is 12.4. The number of ketones is 2. The van der Waals surface area contributed by atoms with Crippen molar-refractivity contribution in [2.24, 2.45) is 0 Å². The summed E-state index contributed by atoms with van der Waals surface area (Å²) in [6.45, 7) is 0. The van der Waals surface area contributed by atoms with Crippen LogP contribution in [0.15, 0.2) is 47.4 Å². The van der Waals surface area contributed by atoms with E-state index in [1.807, 2.05) is 0 Å². The quantitative estimate of drug-likeness (QED) is 0.449. The van der Waals surface area contributed by atoms with Gasteiger partial charge in [-0.05, 0) is 6.07 Å². The van der Waals surface area contributed by atoms with Gasteiger partial charge >= 0.3 is 51.4 Å². The van der Waals surface area contributed by atoms with Crippen LogP contribution in [0.25, 0.3) is 0 Å². The molecule has 0 saturated carbocycles. The first kappa shape index (κ1) is 16.7. The average Bonchev–Trinajstić information content (AvgIpc) is 2.43. The largest absolute Gasteiger partial charge is 1.00 e. The Morgan fingerprint density at radius 1 is 0.810 bits per heavy atom. The van der Waals surface area contributed by atoms with E-state index in [1.165, 1.54) is 24.3 Å². The molecule has 3 rings (SSSR count). The predicted octanol–water partition coefficient (Wildman–Crippen LogP) is -1.17. The van der Waals surface area contributed by atoms with Crippen LogP contribution in [0, 0.1) is 0 Å². The second-order valence-corrected chi connectivity index (χ2v) is 5.75. The van der Waals surface area contributed by atoms with E-state index in [4.69, 9.17) is 0 Å². The summed E-state index contributed by atoms with van der Waals surface area (Å²) in [6.07, 6.45) is 0. The first-order valence-corrected chi connectivity index (χ1v) is 7.14. The van der Waals surface area contributed by atoms with E-state index in [2.05, 4.69) is 0 Å². The Labute approximate surface area is 165 Å². The number of carbonyl (C=O) groups is 2. The van der Waals surface area contributed by atoms with Gasteiger partial charge in [-0.15, -0.1) is 0 Å². The topological polar surface area (TPSA) is 88.5 Å². The van der Waals surface area contributed by atoms with Crippen LogP contribution in [-0.2, 0) is 10.1 Å². The third-order valence-corrected chi connectivity index (χ3v) is 4.09. The minimum absolute atomic E-state index is 0. The number of hydrogen-bond acceptors (Lipinski definition) is 4.